The Bertz CT molecular complexity index is 434. The van der Waals surface area contributed by atoms with Gasteiger partial charge in [-0.25, -0.2) is 0 Å². The van der Waals surface area contributed by atoms with Crippen molar-refractivity contribution < 1.29 is 91.2 Å². The van der Waals surface area contributed by atoms with Gasteiger partial charge in [0.15, 0.2) is 0 Å². The third-order valence-electron chi connectivity index (χ3n) is 3.37. The van der Waals surface area contributed by atoms with Gasteiger partial charge in [0.2, 0.25) is 0 Å². The second-order valence-corrected chi connectivity index (χ2v) is 5.93. The summed E-state index contributed by atoms with van der Waals surface area (Å²) in [5.74, 6) is -4.43. The molecule has 0 saturated heterocycles. The fraction of sp³-hybridized carbons (Fsp3) is 0.750. The first-order chi connectivity index (χ1) is 13.2. The number of nitrogens with zero attached hydrogens (tertiary/aromatic N) is 2. The molecule has 4 N–H and O–H groups in total. The van der Waals surface area contributed by atoms with E-state index >= 15 is 0 Å². The first-order valence-corrected chi connectivity index (χ1v) is 8.68. The molecule has 0 aliphatic carbocycles. The van der Waals surface area contributed by atoms with Gasteiger partial charge >= 0.3 is 23.9 Å². The van der Waals surface area contributed by atoms with E-state index in [0.717, 1.165) is 0 Å². The molecule has 0 aliphatic rings. The number of hydrogen-bond acceptors (Lipinski definition) is 8. The molecule has 0 rings (SSSR count). The van der Waals surface area contributed by atoms with Crippen LogP contribution in [0.4, 0.5) is 0 Å². The second-order valence-electron chi connectivity index (χ2n) is 5.93. The molecular weight excluding hydrogens is 770 g/mol. The van der Waals surface area contributed by atoms with Crippen LogP contribution in [-0.2, 0) is 70.8 Å². The Morgan fingerprint density at radius 2 is 0.800 bits per heavy atom. The van der Waals surface area contributed by atoms with Crippen molar-refractivity contribution in [2.45, 2.75) is 12.8 Å². The molecule has 0 aliphatic heterocycles. The van der Waals surface area contributed by atoms with Crippen LogP contribution in [0.3, 0.4) is 0 Å². The van der Waals surface area contributed by atoms with E-state index in [9.17, 15) is 19.2 Å². The molecule has 0 bridgehead atoms. The molecule has 30 heavy (non-hydrogen) atoms. The molecule has 12 nitrogen and oxygen atoms in total. The van der Waals surface area contributed by atoms with Crippen LogP contribution in [0, 0.1) is 0 Å². The maximum absolute atomic E-state index is 10.6. The molecule has 0 heterocycles. The summed E-state index contributed by atoms with van der Waals surface area (Å²) in [6, 6.07) is 0. The van der Waals surface area contributed by atoms with E-state index in [-0.39, 0.29) is 94.6 Å². The maximum atomic E-state index is 10.6. The molecule has 0 spiro atoms. The van der Waals surface area contributed by atoms with Crippen molar-refractivity contribution >= 4 is 23.9 Å². The summed E-state index contributed by atoms with van der Waals surface area (Å²) in [4.78, 5) is 45.1. The molecular formula is C16H28N2O10Pt2. The summed E-state index contributed by atoms with van der Waals surface area (Å²) < 4.78 is 10.7. The van der Waals surface area contributed by atoms with Gasteiger partial charge < -0.3 is 29.9 Å². The Kier molecular flexibility index (Phi) is 24.0. The van der Waals surface area contributed by atoms with Gasteiger partial charge in [-0.3, -0.25) is 29.0 Å². The van der Waals surface area contributed by atoms with Gasteiger partial charge in [0, 0.05) is 68.4 Å². The number of unbranched alkanes of at least 4 members (excludes halogenated alkanes) is 1. The van der Waals surface area contributed by atoms with E-state index in [4.69, 9.17) is 29.9 Å². The van der Waals surface area contributed by atoms with Crippen LogP contribution in [0.15, 0.2) is 0 Å². The smallest absolute Gasteiger partial charge is 0.317 e. The van der Waals surface area contributed by atoms with Crippen molar-refractivity contribution in [2.24, 2.45) is 0 Å². The molecule has 14 heteroatoms. The van der Waals surface area contributed by atoms with Crippen LogP contribution >= 0.6 is 0 Å². The van der Waals surface area contributed by atoms with Gasteiger partial charge in [-0.05, 0) is 12.8 Å². The van der Waals surface area contributed by atoms with Gasteiger partial charge in [0.1, 0.15) is 0 Å². The van der Waals surface area contributed by atoms with E-state index in [2.05, 4.69) is 0 Å². The van der Waals surface area contributed by atoms with E-state index in [0.29, 0.717) is 26.1 Å². The van der Waals surface area contributed by atoms with Crippen LogP contribution in [0.1, 0.15) is 12.8 Å². The van der Waals surface area contributed by atoms with Crippen LogP contribution in [0.2, 0.25) is 0 Å². The standard InChI is InChI=1S/C16H28N2O10.2Pt/c19-13(20)9-17(10-14(21)22)3-7-27-5-1-2-6-28-8-4-18(11-15(23)24)12-16(25)26;;/h1-12H2,(H,19,20)(H,21,22)(H,23,24)(H,25,26);;. The first-order valence-electron chi connectivity index (χ1n) is 8.68. The number of rotatable bonds is 19. The summed E-state index contributed by atoms with van der Waals surface area (Å²) in [5.41, 5.74) is 0. The van der Waals surface area contributed by atoms with Gasteiger partial charge in [0.25, 0.3) is 0 Å². The van der Waals surface area contributed by atoms with Crippen LogP contribution in [0.25, 0.3) is 0 Å². The topological polar surface area (TPSA) is 174 Å². The van der Waals surface area contributed by atoms with E-state index in [1.807, 2.05) is 0 Å². The summed E-state index contributed by atoms with van der Waals surface area (Å²) in [7, 11) is 0. The Balaban J connectivity index is -0.00000364. The molecule has 0 aromatic heterocycles. The monoisotopic (exact) mass is 798 g/mol. The number of carboxylic acid groups (broad SMARTS) is 4. The molecule has 0 fully saturated rings. The van der Waals surface area contributed by atoms with Crippen molar-refractivity contribution in [1.82, 2.24) is 9.80 Å². The average molecular weight is 799 g/mol. The quantitative estimate of drug-likeness (QED) is 0.115. The van der Waals surface area contributed by atoms with E-state index in [1.54, 1.807) is 0 Å². The molecule has 0 unspecified atom stereocenters. The molecule has 182 valence electrons. The Labute approximate surface area is 203 Å². The van der Waals surface area contributed by atoms with E-state index in [1.165, 1.54) is 9.80 Å². The SMILES string of the molecule is O=C(O)CN(CCOCCCCOCCN(CC(=O)O)CC(=O)O)CC(=O)O.[Pt].[Pt]. The molecule has 0 amide bonds. The average Bonchev–Trinajstić information content (AvgIpc) is 2.54. The fourth-order valence-electron chi connectivity index (χ4n) is 2.19. The van der Waals surface area contributed by atoms with Gasteiger partial charge in [-0.2, -0.15) is 0 Å². The van der Waals surface area contributed by atoms with Crippen molar-refractivity contribution in [3.05, 3.63) is 0 Å². The van der Waals surface area contributed by atoms with Gasteiger partial charge in [-0.1, -0.05) is 0 Å². The summed E-state index contributed by atoms with van der Waals surface area (Å²) in [6.07, 6.45) is 1.34. The Morgan fingerprint density at radius 1 is 0.533 bits per heavy atom. The van der Waals surface area contributed by atoms with Crippen LogP contribution in [0.5, 0.6) is 0 Å². The van der Waals surface area contributed by atoms with Crippen molar-refractivity contribution in [1.29, 1.82) is 0 Å². The summed E-state index contributed by atoms with van der Waals surface area (Å²) >= 11 is 0. The normalized spacial score (nSPS) is 10.3. The van der Waals surface area contributed by atoms with Gasteiger partial charge in [0.05, 0.1) is 39.4 Å². The third-order valence-corrected chi connectivity index (χ3v) is 3.37. The van der Waals surface area contributed by atoms with Crippen molar-refractivity contribution in [3.8, 4) is 0 Å². The number of hydrogen-bond donors (Lipinski definition) is 4. The molecule has 0 aromatic carbocycles. The van der Waals surface area contributed by atoms with Crippen LogP contribution < -0.4 is 0 Å². The van der Waals surface area contributed by atoms with Crippen molar-refractivity contribution in [2.75, 3.05) is 65.7 Å². The third kappa shape index (κ3) is 23.4. The number of carbonyl (C=O) groups is 4. The van der Waals surface area contributed by atoms with Crippen molar-refractivity contribution in [3.63, 3.8) is 0 Å². The minimum atomic E-state index is -1.11. The zero-order valence-electron chi connectivity index (χ0n) is 16.3. The molecule has 0 aromatic rings. The Morgan fingerprint density at radius 3 is 1.03 bits per heavy atom. The maximum Gasteiger partial charge on any atom is 0.317 e. The number of ether oxygens (including phenoxy) is 2. The Hall–Kier alpha value is -0.903. The van der Waals surface area contributed by atoms with Gasteiger partial charge in [-0.15, -0.1) is 0 Å². The first kappa shape index (κ1) is 33.7. The minimum absolute atomic E-state index is 0. The number of carboxylic acids is 4. The predicted molar refractivity (Wildman–Crippen MR) is 94.3 cm³/mol. The zero-order valence-corrected chi connectivity index (χ0v) is 20.8. The molecule has 0 atom stereocenters. The zero-order chi connectivity index (χ0) is 21.4. The fourth-order valence-corrected chi connectivity index (χ4v) is 2.19. The predicted octanol–water partition coefficient (Wildman–Crippen LogP) is -1.26. The largest absolute Gasteiger partial charge is 0.480 e. The summed E-state index contributed by atoms with van der Waals surface area (Å²) in [6.45, 7) is 0.129. The molecule has 0 radical (unpaired) electrons. The summed E-state index contributed by atoms with van der Waals surface area (Å²) in [5, 5.41) is 34.8. The second kappa shape index (κ2) is 21.3. The number of aliphatic carboxylic acids is 4. The van der Waals surface area contributed by atoms with Crippen LogP contribution in [-0.4, -0.2) is 120 Å². The van der Waals surface area contributed by atoms with E-state index < -0.39 is 23.9 Å². The molecule has 0 saturated carbocycles. The minimum Gasteiger partial charge on any atom is -0.480 e.